The Kier molecular flexibility index (Phi) is 3.67. The molecule has 0 unspecified atom stereocenters. The number of furan rings is 1. The van der Waals surface area contributed by atoms with E-state index < -0.39 is 5.41 Å². The summed E-state index contributed by atoms with van der Waals surface area (Å²) in [5.74, 6) is 1.05. The Labute approximate surface area is 155 Å². The summed E-state index contributed by atoms with van der Waals surface area (Å²) in [5, 5.41) is 2.91. The third kappa shape index (κ3) is 2.48. The Morgan fingerprint density at radius 3 is 3.00 bits per heavy atom. The summed E-state index contributed by atoms with van der Waals surface area (Å²) in [5.41, 5.74) is -0.533. The van der Waals surface area contributed by atoms with E-state index in [0.717, 1.165) is 24.5 Å². The molecule has 136 valence electrons. The lowest BCUT2D eigenvalue weighted by Crippen LogP contribution is -2.40. The quantitative estimate of drug-likeness (QED) is 0.829. The molecule has 2 saturated heterocycles. The maximum Gasteiger partial charge on any atom is 0.289 e. The van der Waals surface area contributed by atoms with Crippen LogP contribution in [0.4, 0.5) is 0 Å². The monoisotopic (exact) mass is 371 g/mol. The van der Waals surface area contributed by atoms with Crippen molar-refractivity contribution in [3.63, 3.8) is 0 Å². The minimum absolute atomic E-state index is 0.0295. The first kappa shape index (κ1) is 16.1. The number of likely N-dealkylation sites (tertiary alicyclic amines) is 2. The van der Waals surface area contributed by atoms with Gasteiger partial charge < -0.3 is 14.2 Å². The molecule has 2 atom stereocenters. The Hall–Kier alpha value is -2.15. The van der Waals surface area contributed by atoms with E-state index in [1.54, 1.807) is 34.6 Å². The van der Waals surface area contributed by atoms with Crippen LogP contribution in [0.1, 0.15) is 40.7 Å². The fourth-order valence-corrected chi connectivity index (χ4v) is 5.30. The molecule has 2 amide bonds. The molecule has 1 spiro atoms. The zero-order valence-corrected chi connectivity index (χ0v) is 15.3. The third-order valence-corrected chi connectivity index (χ3v) is 6.92. The normalized spacial score (nSPS) is 28.5. The molecule has 4 heterocycles. The van der Waals surface area contributed by atoms with Crippen LogP contribution in [0, 0.1) is 11.3 Å². The van der Waals surface area contributed by atoms with Crippen LogP contribution >= 0.6 is 11.3 Å². The molecular formula is C19H21N3O3S. The lowest BCUT2D eigenvalue weighted by molar-refractivity contribution is -0.136. The van der Waals surface area contributed by atoms with E-state index in [0.29, 0.717) is 24.8 Å². The third-order valence-electron chi connectivity index (χ3n) is 6.03. The second kappa shape index (κ2) is 5.94. The van der Waals surface area contributed by atoms with Gasteiger partial charge in [-0.25, -0.2) is 4.98 Å². The number of amides is 2. The highest BCUT2D eigenvalue weighted by Gasteiger charge is 2.59. The van der Waals surface area contributed by atoms with Gasteiger partial charge in [0, 0.05) is 43.7 Å². The van der Waals surface area contributed by atoms with Crippen molar-refractivity contribution in [3.05, 3.63) is 40.7 Å². The Morgan fingerprint density at radius 2 is 2.31 bits per heavy atom. The van der Waals surface area contributed by atoms with Gasteiger partial charge in [-0.1, -0.05) is 0 Å². The van der Waals surface area contributed by atoms with Gasteiger partial charge in [-0.3, -0.25) is 9.59 Å². The standard InChI is InChI=1S/C19H21N3O3S/c23-17(15-2-1-8-25-15)22-11-14(16-20-6-9-26-16)19(12-22)5-7-21(18(19)24)10-13-3-4-13/h1-2,6,8-9,13-14H,3-5,7,10-12H2/t14-,19-/m0/s1. The predicted octanol–water partition coefficient (Wildman–Crippen LogP) is 2.60. The second-order valence-corrected chi connectivity index (χ2v) is 8.61. The summed E-state index contributed by atoms with van der Waals surface area (Å²) >= 11 is 1.58. The molecule has 26 heavy (non-hydrogen) atoms. The topological polar surface area (TPSA) is 66.7 Å². The minimum Gasteiger partial charge on any atom is -0.459 e. The second-order valence-electron chi connectivity index (χ2n) is 7.69. The molecule has 1 saturated carbocycles. The predicted molar refractivity (Wildman–Crippen MR) is 95.8 cm³/mol. The molecule has 3 fully saturated rings. The molecule has 2 aromatic heterocycles. The van der Waals surface area contributed by atoms with Crippen LogP contribution in [0.3, 0.4) is 0 Å². The maximum atomic E-state index is 13.4. The Bertz CT molecular complexity index is 815. The number of hydrogen-bond donors (Lipinski definition) is 0. The van der Waals surface area contributed by atoms with E-state index >= 15 is 0 Å². The van der Waals surface area contributed by atoms with Gasteiger partial charge in [-0.05, 0) is 37.3 Å². The summed E-state index contributed by atoms with van der Waals surface area (Å²) in [6.07, 6.45) is 6.55. The highest BCUT2D eigenvalue weighted by atomic mass is 32.1. The van der Waals surface area contributed by atoms with Gasteiger partial charge in [0.25, 0.3) is 5.91 Å². The van der Waals surface area contributed by atoms with Gasteiger partial charge in [0.05, 0.1) is 16.7 Å². The number of carbonyl (C=O) groups is 2. The van der Waals surface area contributed by atoms with Gasteiger partial charge in [0.15, 0.2) is 5.76 Å². The van der Waals surface area contributed by atoms with Gasteiger partial charge >= 0.3 is 0 Å². The highest BCUT2D eigenvalue weighted by Crippen LogP contribution is 2.51. The van der Waals surface area contributed by atoms with E-state index in [1.165, 1.54) is 19.1 Å². The SMILES string of the molecule is O=C(c1ccco1)N1C[C@@H](c2nccs2)[C@]2(CCN(CC3CC3)C2=O)C1. The van der Waals surface area contributed by atoms with Crippen LogP contribution in [0.15, 0.2) is 34.4 Å². The highest BCUT2D eigenvalue weighted by molar-refractivity contribution is 7.09. The van der Waals surface area contributed by atoms with Crippen LogP contribution in [0.25, 0.3) is 0 Å². The molecule has 0 bridgehead atoms. The van der Waals surface area contributed by atoms with Crippen LogP contribution < -0.4 is 0 Å². The average Bonchev–Trinajstić information content (AvgIpc) is 3.13. The number of thiazole rings is 1. The molecular weight excluding hydrogens is 350 g/mol. The first-order valence-corrected chi connectivity index (χ1v) is 10.1. The smallest absolute Gasteiger partial charge is 0.289 e. The van der Waals surface area contributed by atoms with E-state index in [9.17, 15) is 9.59 Å². The van der Waals surface area contributed by atoms with Crippen molar-refractivity contribution >= 4 is 23.2 Å². The summed E-state index contributed by atoms with van der Waals surface area (Å²) < 4.78 is 5.29. The first-order valence-electron chi connectivity index (χ1n) is 9.19. The van der Waals surface area contributed by atoms with Crippen molar-refractivity contribution in [1.29, 1.82) is 0 Å². The largest absolute Gasteiger partial charge is 0.459 e. The van der Waals surface area contributed by atoms with E-state index in [4.69, 9.17) is 4.42 Å². The number of nitrogens with zero attached hydrogens (tertiary/aromatic N) is 3. The zero-order chi connectivity index (χ0) is 17.7. The van der Waals surface area contributed by atoms with Crippen molar-refractivity contribution < 1.29 is 14.0 Å². The minimum atomic E-state index is -0.533. The van der Waals surface area contributed by atoms with Gasteiger partial charge in [-0.2, -0.15) is 0 Å². The molecule has 0 aromatic carbocycles. The fourth-order valence-electron chi connectivity index (χ4n) is 4.46. The van der Waals surface area contributed by atoms with Crippen molar-refractivity contribution in [1.82, 2.24) is 14.8 Å². The fraction of sp³-hybridized carbons (Fsp3) is 0.526. The summed E-state index contributed by atoms with van der Waals surface area (Å²) in [6, 6.07) is 3.40. The van der Waals surface area contributed by atoms with Crippen molar-refractivity contribution in [2.24, 2.45) is 11.3 Å². The molecule has 7 heteroatoms. The number of aromatic nitrogens is 1. The van der Waals surface area contributed by atoms with Crippen LogP contribution in [-0.4, -0.2) is 52.8 Å². The molecule has 5 rings (SSSR count). The first-order chi connectivity index (χ1) is 12.7. The molecule has 1 aliphatic carbocycles. The molecule has 6 nitrogen and oxygen atoms in total. The molecule has 2 aromatic rings. The Morgan fingerprint density at radius 1 is 1.42 bits per heavy atom. The molecule has 3 aliphatic rings. The summed E-state index contributed by atoms with van der Waals surface area (Å²) in [7, 11) is 0. The van der Waals surface area contributed by atoms with E-state index in [-0.39, 0.29) is 17.7 Å². The lowest BCUT2D eigenvalue weighted by atomic mass is 9.77. The van der Waals surface area contributed by atoms with Crippen LogP contribution in [0.5, 0.6) is 0 Å². The molecule has 0 radical (unpaired) electrons. The molecule has 2 aliphatic heterocycles. The van der Waals surface area contributed by atoms with Crippen molar-refractivity contribution in [2.45, 2.75) is 25.2 Å². The van der Waals surface area contributed by atoms with Crippen LogP contribution in [0.2, 0.25) is 0 Å². The van der Waals surface area contributed by atoms with E-state index in [1.807, 2.05) is 10.3 Å². The Balaban J connectivity index is 1.46. The number of carbonyl (C=O) groups excluding carboxylic acids is 2. The number of hydrogen-bond acceptors (Lipinski definition) is 5. The van der Waals surface area contributed by atoms with Crippen molar-refractivity contribution in [2.75, 3.05) is 26.2 Å². The van der Waals surface area contributed by atoms with Gasteiger partial charge in [-0.15, -0.1) is 11.3 Å². The molecule has 0 N–H and O–H groups in total. The van der Waals surface area contributed by atoms with Gasteiger partial charge in [0.2, 0.25) is 5.91 Å². The average molecular weight is 371 g/mol. The summed E-state index contributed by atoms with van der Waals surface area (Å²) in [4.78, 5) is 34.5. The maximum absolute atomic E-state index is 13.4. The van der Waals surface area contributed by atoms with Gasteiger partial charge in [0.1, 0.15) is 0 Å². The van der Waals surface area contributed by atoms with E-state index in [2.05, 4.69) is 4.98 Å². The zero-order valence-electron chi connectivity index (χ0n) is 14.5. The van der Waals surface area contributed by atoms with Crippen molar-refractivity contribution in [3.8, 4) is 0 Å². The lowest BCUT2D eigenvalue weighted by Gasteiger charge is -2.27. The van der Waals surface area contributed by atoms with Crippen LogP contribution in [-0.2, 0) is 4.79 Å². The number of rotatable bonds is 4. The summed E-state index contributed by atoms with van der Waals surface area (Å²) in [6.45, 7) is 2.64.